The highest BCUT2D eigenvalue weighted by Gasteiger charge is 2.13. The SMILES string of the molecule is CSCc1cccc(S(=O)(=O)NCCCn2ccnc2)c1. The van der Waals surface area contributed by atoms with E-state index in [1.54, 1.807) is 42.5 Å². The van der Waals surface area contributed by atoms with Crippen LogP contribution in [-0.2, 0) is 22.3 Å². The monoisotopic (exact) mass is 325 g/mol. The molecule has 1 aromatic carbocycles. The third-order valence-electron chi connectivity index (χ3n) is 2.96. The second kappa shape index (κ2) is 7.63. The second-order valence-corrected chi connectivity index (χ2v) is 7.27. The van der Waals surface area contributed by atoms with Gasteiger partial charge in [-0.25, -0.2) is 18.1 Å². The minimum absolute atomic E-state index is 0.330. The number of nitrogens with one attached hydrogen (secondary N) is 1. The number of thioether (sulfide) groups is 1. The van der Waals surface area contributed by atoms with E-state index in [4.69, 9.17) is 0 Å². The van der Waals surface area contributed by atoms with E-state index < -0.39 is 10.0 Å². The molecule has 0 fully saturated rings. The summed E-state index contributed by atoms with van der Waals surface area (Å²) in [5.74, 6) is 0.810. The van der Waals surface area contributed by atoms with Gasteiger partial charge in [0.1, 0.15) is 0 Å². The zero-order chi connectivity index (χ0) is 15.1. The molecule has 1 N–H and O–H groups in total. The molecule has 0 atom stereocenters. The van der Waals surface area contributed by atoms with E-state index in [2.05, 4.69) is 9.71 Å². The minimum atomic E-state index is -3.43. The van der Waals surface area contributed by atoms with Crippen LogP contribution in [0.5, 0.6) is 0 Å². The van der Waals surface area contributed by atoms with E-state index in [-0.39, 0.29) is 0 Å². The molecule has 0 spiro atoms. The van der Waals surface area contributed by atoms with Gasteiger partial charge in [-0.2, -0.15) is 11.8 Å². The topological polar surface area (TPSA) is 64.0 Å². The third kappa shape index (κ3) is 4.87. The number of nitrogens with zero attached hydrogens (tertiary/aromatic N) is 2. The molecule has 0 aliphatic carbocycles. The molecular weight excluding hydrogens is 306 g/mol. The summed E-state index contributed by atoms with van der Waals surface area (Å²) >= 11 is 1.67. The molecule has 0 saturated heterocycles. The molecule has 114 valence electrons. The smallest absolute Gasteiger partial charge is 0.240 e. The number of rotatable bonds is 8. The molecule has 0 aliphatic heterocycles. The van der Waals surface area contributed by atoms with E-state index in [0.717, 1.165) is 24.3 Å². The van der Waals surface area contributed by atoms with Gasteiger partial charge in [-0.3, -0.25) is 0 Å². The summed E-state index contributed by atoms with van der Waals surface area (Å²) in [5.41, 5.74) is 1.02. The van der Waals surface area contributed by atoms with E-state index in [9.17, 15) is 8.42 Å². The maximum absolute atomic E-state index is 12.2. The Balaban J connectivity index is 1.90. The quantitative estimate of drug-likeness (QED) is 0.755. The van der Waals surface area contributed by atoms with Crippen molar-refractivity contribution in [1.82, 2.24) is 14.3 Å². The Kier molecular flexibility index (Phi) is 5.84. The molecule has 2 aromatic rings. The Labute approximate surface area is 129 Å². The van der Waals surface area contributed by atoms with Crippen molar-refractivity contribution in [3.05, 3.63) is 48.5 Å². The average molecular weight is 325 g/mol. The second-order valence-electron chi connectivity index (χ2n) is 4.63. The van der Waals surface area contributed by atoms with Gasteiger partial charge in [0.15, 0.2) is 0 Å². The Morgan fingerprint density at radius 1 is 1.38 bits per heavy atom. The highest BCUT2D eigenvalue weighted by Crippen LogP contribution is 2.15. The van der Waals surface area contributed by atoms with Crippen LogP contribution in [0.3, 0.4) is 0 Å². The van der Waals surface area contributed by atoms with Gasteiger partial charge in [-0.15, -0.1) is 0 Å². The third-order valence-corrected chi connectivity index (χ3v) is 5.04. The first-order valence-corrected chi connectivity index (χ1v) is 9.53. The molecular formula is C14H19N3O2S2. The number of sulfonamides is 1. The molecule has 2 rings (SSSR count). The van der Waals surface area contributed by atoms with E-state index >= 15 is 0 Å². The van der Waals surface area contributed by atoms with Crippen LogP contribution in [0.2, 0.25) is 0 Å². The number of aryl methyl sites for hydroxylation is 1. The highest BCUT2D eigenvalue weighted by atomic mass is 32.2. The van der Waals surface area contributed by atoms with Crippen molar-refractivity contribution in [2.24, 2.45) is 0 Å². The van der Waals surface area contributed by atoms with Crippen LogP contribution in [0.4, 0.5) is 0 Å². The lowest BCUT2D eigenvalue weighted by atomic mass is 10.2. The Hall–Kier alpha value is -1.31. The van der Waals surface area contributed by atoms with Gasteiger partial charge in [-0.05, 0) is 30.4 Å². The van der Waals surface area contributed by atoms with E-state index in [0.29, 0.717) is 11.4 Å². The molecule has 0 saturated carbocycles. The van der Waals surface area contributed by atoms with Crippen molar-refractivity contribution in [1.29, 1.82) is 0 Å². The highest BCUT2D eigenvalue weighted by molar-refractivity contribution is 7.97. The molecule has 0 aliphatic rings. The lowest BCUT2D eigenvalue weighted by Crippen LogP contribution is -2.25. The molecule has 1 aromatic heterocycles. The van der Waals surface area contributed by atoms with Crippen LogP contribution in [0.15, 0.2) is 47.9 Å². The Morgan fingerprint density at radius 2 is 2.24 bits per heavy atom. The van der Waals surface area contributed by atoms with Gasteiger partial charge in [0.25, 0.3) is 0 Å². The first-order valence-electron chi connectivity index (χ1n) is 6.65. The van der Waals surface area contributed by atoms with Crippen molar-refractivity contribution in [3.8, 4) is 0 Å². The van der Waals surface area contributed by atoms with Gasteiger partial charge in [0, 0.05) is 31.2 Å². The Morgan fingerprint density at radius 3 is 2.95 bits per heavy atom. The van der Waals surface area contributed by atoms with Crippen LogP contribution in [0.25, 0.3) is 0 Å². The summed E-state index contributed by atoms with van der Waals surface area (Å²) in [4.78, 5) is 4.28. The fraction of sp³-hybridized carbons (Fsp3) is 0.357. The van der Waals surface area contributed by atoms with Gasteiger partial charge >= 0.3 is 0 Å². The fourth-order valence-electron chi connectivity index (χ4n) is 1.94. The molecule has 5 nitrogen and oxygen atoms in total. The minimum Gasteiger partial charge on any atom is -0.337 e. The zero-order valence-corrected chi connectivity index (χ0v) is 13.5. The van der Waals surface area contributed by atoms with Gasteiger partial charge in [-0.1, -0.05) is 12.1 Å². The molecule has 0 radical (unpaired) electrons. The molecule has 1 heterocycles. The van der Waals surface area contributed by atoms with Crippen molar-refractivity contribution in [2.45, 2.75) is 23.6 Å². The zero-order valence-electron chi connectivity index (χ0n) is 11.9. The maximum Gasteiger partial charge on any atom is 0.240 e. The van der Waals surface area contributed by atoms with Gasteiger partial charge < -0.3 is 4.57 Å². The first-order chi connectivity index (χ1) is 10.1. The Bertz CT molecular complexity index is 655. The van der Waals surface area contributed by atoms with E-state index in [1.807, 2.05) is 23.1 Å². The van der Waals surface area contributed by atoms with Crippen LogP contribution >= 0.6 is 11.8 Å². The summed E-state index contributed by atoms with van der Waals surface area (Å²) in [6, 6.07) is 7.08. The predicted octanol–water partition coefficient (Wildman–Crippen LogP) is 2.11. The van der Waals surface area contributed by atoms with Crippen LogP contribution in [0, 0.1) is 0 Å². The summed E-state index contributed by atoms with van der Waals surface area (Å²) < 4.78 is 29.0. The number of hydrogen-bond acceptors (Lipinski definition) is 4. The van der Waals surface area contributed by atoms with Crippen molar-refractivity contribution >= 4 is 21.8 Å². The average Bonchev–Trinajstić information content (AvgIpc) is 2.98. The van der Waals surface area contributed by atoms with E-state index in [1.165, 1.54) is 0 Å². The van der Waals surface area contributed by atoms with Crippen LogP contribution < -0.4 is 4.72 Å². The molecule has 0 unspecified atom stereocenters. The van der Waals surface area contributed by atoms with Crippen molar-refractivity contribution in [3.63, 3.8) is 0 Å². The summed E-state index contributed by atoms with van der Waals surface area (Å²) in [5, 5.41) is 0. The molecule has 21 heavy (non-hydrogen) atoms. The largest absolute Gasteiger partial charge is 0.337 e. The fourth-order valence-corrected chi connectivity index (χ4v) is 3.60. The number of imidazole rings is 1. The lowest BCUT2D eigenvalue weighted by Gasteiger charge is -2.08. The molecule has 7 heteroatoms. The normalized spacial score (nSPS) is 11.7. The maximum atomic E-state index is 12.2. The van der Waals surface area contributed by atoms with Gasteiger partial charge in [0.2, 0.25) is 10.0 Å². The first kappa shape index (κ1) is 16.1. The summed E-state index contributed by atoms with van der Waals surface area (Å²) in [6.07, 6.45) is 8.01. The number of benzene rings is 1. The van der Waals surface area contributed by atoms with Crippen LogP contribution in [0.1, 0.15) is 12.0 Å². The standard InChI is InChI=1S/C14H19N3O2S2/c1-20-11-13-4-2-5-14(10-13)21(18,19)16-6-3-8-17-9-7-15-12-17/h2,4-5,7,9-10,12,16H,3,6,8,11H2,1H3. The number of aromatic nitrogens is 2. The summed E-state index contributed by atoms with van der Waals surface area (Å²) in [7, 11) is -3.43. The summed E-state index contributed by atoms with van der Waals surface area (Å²) in [6.45, 7) is 1.16. The predicted molar refractivity (Wildman–Crippen MR) is 85.7 cm³/mol. The number of hydrogen-bond donors (Lipinski definition) is 1. The molecule has 0 amide bonds. The lowest BCUT2D eigenvalue weighted by molar-refractivity contribution is 0.569. The van der Waals surface area contributed by atoms with Gasteiger partial charge in [0.05, 0.1) is 11.2 Å². The van der Waals surface area contributed by atoms with Crippen molar-refractivity contribution < 1.29 is 8.42 Å². The van der Waals surface area contributed by atoms with Crippen LogP contribution in [-0.4, -0.2) is 30.8 Å². The molecule has 0 bridgehead atoms. The van der Waals surface area contributed by atoms with Crippen molar-refractivity contribution in [2.75, 3.05) is 12.8 Å².